The van der Waals surface area contributed by atoms with Crippen LogP contribution in [0.2, 0.25) is 0 Å². The number of unbranched alkanes of at least 4 members (excludes halogenated alkanes) is 9. The van der Waals surface area contributed by atoms with Gasteiger partial charge in [0.25, 0.3) is 0 Å². The number of fused-ring (bicyclic) bond motifs is 1. The van der Waals surface area contributed by atoms with Crippen molar-refractivity contribution in [2.75, 3.05) is 13.2 Å². The summed E-state index contributed by atoms with van der Waals surface area (Å²) in [5.41, 5.74) is 0.995. The summed E-state index contributed by atoms with van der Waals surface area (Å²) in [5.74, 6) is -0.218. The summed E-state index contributed by atoms with van der Waals surface area (Å²) in [6.07, 6.45) is 10.4. The Hall–Kier alpha value is -2.90. The molecule has 1 atom stereocenters. The third kappa shape index (κ3) is 7.05. The molecule has 1 heterocycles. The molecule has 0 saturated carbocycles. The van der Waals surface area contributed by atoms with Gasteiger partial charge in [0.15, 0.2) is 23.0 Å². The van der Waals surface area contributed by atoms with E-state index in [0.29, 0.717) is 30.1 Å². The zero-order chi connectivity index (χ0) is 24.3. The molecule has 0 saturated heterocycles. The molecular weight excluding hydrogens is 436 g/mol. The highest BCUT2D eigenvalue weighted by molar-refractivity contribution is 5.70. The molecule has 5 N–H and O–H groups in total. The number of aliphatic hydroxyl groups excluding tert-OH is 2. The fourth-order valence-electron chi connectivity index (χ4n) is 4.13. The Morgan fingerprint density at radius 3 is 2.00 bits per heavy atom. The third-order valence-corrected chi connectivity index (χ3v) is 6.05. The molecule has 7 heteroatoms. The SMILES string of the molecule is OCCCCCCCCCCCCOC1C(O)=C(c2ccc(O)c(O)c2)Oc2cc(O)ccc21. The summed E-state index contributed by atoms with van der Waals surface area (Å²) in [6.45, 7) is 0.754. The van der Waals surface area contributed by atoms with E-state index in [1.807, 2.05) is 0 Å². The van der Waals surface area contributed by atoms with Gasteiger partial charge in [0.05, 0.1) is 0 Å². The minimum Gasteiger partial charge on any atom is -0.508 e. The molecule has 0 spiro atoms. The van der Waals surface area contributed by atoms with Crippen LogP contribution in [0.15, 0.2) is 42.2 Å². The predicted octanol–water partition coefficient (Wildman–Crippen LogP) is 6.07. The Labute approximate surface area is 200 Å². The summed E-state index contributed by atoms with van der Waals surface area (Å²) >= 11 is 0. The first kappa shape index (κ1) is 25.7. The van der Waals surface area contributed by atoms with Crippen LogP contribution in [-0.4, -0.2) is 38.7 Å². The van der Waals surface area contributed by atoms with Gasteiger partial charge in [0.1, 0.15) is 17.6 Å². The Balaban J connectivity index is 1.53. The lowest BCUT2D eigenvalue weighted by molar-refractivity contribution is 0.0397. The molecule has 1 aliphatic heterocycles. The Morgan fingerprint density at radius 1 is 0.706 bits per heavy atom. The molecule has 0 aliphatic carbocycles. The van der Waals surface area contributed by atoms with Crippen LogP contribution in [0.1, 0.15) is 81.4 Å². The highest BCUT2D eigenvalue weighted by Crippen LogP contribution is 2.44. The maximum atomic E-state index is 10.9. The Bertz CT molecular complexity index is 954. The summed E-state index contributed by atoms with van der Waals surface area (Å²) in [5, 5.41) is 49.1. The van der Waals surface area contributed by atoms with Crippen molar-refractivity contribution in [2.45, 2.75) is 70.3 Å². The molecule has 0 amide bonds. The molecule has 0 bridgehead atoms. The highest BCUT2D eigenvalue weighted by Gasteiger charge is 2.32. The van der Waals surface area contributed by atoms with E-state index in [0.717, 1.165) is 32.1 Å². The molecule has 2 aromatic rings. The lowest BCUT2D eigenvalue weighted by Crippen LogP contribution is -2.18. The largest absolute Gasteiger partial charge is 0.508 e. The van der Waals surface area contributed by atoms with Crippen molar-refractivity contribution in [1.82, 2.24) is 0 Å². The second kappa shape index (κ2) is 13.1. The molecule has 0 radical (unpaired) electrons. The van der Waals surface area contributed by atoms with Crippen molar-refractivity contribution in [3.05, 3.63) is 53.3 Å². The van der Waals surface area contributed by atoms with Crippen LogP contribution < -0.4 is 4.74 Å². The first-order valence-corrected chi connectivity index (χ1v) is 12.2. The number of benzene rings is 2. The van der Waals surface area contributed by atoms with Crippen LogP contribution in [0.3, 0.4) is 0 Å². The van der Waals surface area contributed by atoms with Gasteiger partial charge in [-0.3, -0.25) is 0 Å². The molecular formula is C27H36O7. The van der Waals surface area contributed by atoms with Crippen LogP contribution in [0.25, 0.3) is 5.76 Å². The van der Waals surface area contributed by atoms with Gasteiger partial charge in [0, 0.05) is 30.4 Å². The number of rotatable bonds is 14. The molecule has 0 fully saturated rings. The maximum Gasteiger partial charge on any atom is 0.175 e. The molecule has 7 nitrogen and oxygen atoms in total. The van der Waals surface area contributed by atoms with Crippen molar-refractivity contribution in [3.8, 4) is 23.0 Å². The second-order valence-electron chi connectivity index (χ2n) is 8.75. The number of hydrogen-bond donors (Lipinski definition) is 5. The van der Waals surface area contributed by atoms with Crippen LogP contribution in [-0.2, 0) is 4.74 Å². The fraction of sp³-hybridized carbons (Fsp3) is 0.481. The molecule has 0 aromatic heterocycles. The van der Waals surface area contributed by atoms with Crippen molar-refractivity contribution >= 4 is 5.76 Å². The monoisotopic (exact) mass is 472 g/mol. The number of hydrogen-bond acceptors (Lipinski definition) is 7. The van der Waals surface area contributed by atoms with Crippen LogP contribution in [0.4, 0.5) is 0 Å². The molecule has 186 valence electrons. The van der Waals surface area contributed by atoms with Gasteiger partial charge in [-0.05, 0) is 43.2 Å². The molecule has 34 heavy (non-hydrogen) atoms. The predicted molar refractivity (Wildman–Crippen MR) is 130 cm³/mol. The zero-order valence-corrected chi connectivity index (χ0v) is 19.6. The number of phenols is 3. The van der Waals surface area contributed by atoms with Crippen molar-refractivity contribution in [3.63, 3.8) is 0 Å². The zero-order valence-electron chi connectivity index (χ0n) is 19.6. The number of aliphatic hydroxyl groups is 2. The number of ether oxygens (including phenoxy) is 2. The van der Waals surface area contributed by atoms with E-state index < -0.39 is 6.10 Å². The minimum atomic E-state index is -0.755. The van der Waals surface area contributed by atoms with E-state index in [9.17, 15) is 20.4 Å². The van der Waals surface area contributed by atoms with Crippen LogP contribution >= 0.6 is 0 Å². The highest BCUT2D eigenvalue weighted by atomic mass is 16.5. The Morgan fingerprint density at radius 2 is 1.35 bits per heavy atom. The van der Waals surface area contributed by atoms with E-state index in [1.165, 1.54) is 62.4 Å². The first-order valence-electron chi connectivity index (χ1n) is 12.2. The molecule has 3 rings (SSSR count). The molecule has 2 aromatic carbocycles. The smallest absolute Gasteiger partial charge is 0.175 e. The van der Waals surface area contributed by atoms with Crippen LogP contribution in [0, 0.1) is 0 Å². The normalized spacial score (nSPS) is 15.3. The lowest BCUT2D eigenvalue weighted by Gasteiger charge is -2.28. The van der Waals surface area contributed by atoms with Gasteiger partial charge in [-0.25, -0.2) is 0 Å². The maximum absolute atomic E-state index is 10.9. The third-order valence-electron chi connectivity index (χ3n) is 6.05. The van der Waals surface area contributed by atoms with Gasteiger partial charge in [0.2, 0.25) is 0 Å². The minimum absolute atomic E-state index is 0.0280. The second-order valence-corrected chi connectivity index (χ2v) is 8.75. The van der Waals surface area contributed by atoms with E-state index in [2.05, 4.69) is 0 Å². The van der Waals surface area contributed by atoms with Crippen molar-refractivity contribution < 1.29 is 35.0 Å². The van der Waals surface area contributed by atoms with Crippen molar-refractivity contribution in [2.24, 2.45) is 0 Å². The fourth-order valence-corrected chi connectivity index (χ4v) is 4.13. The number of aromatic hydroxyl groups is 3. The lowest BCUT2D eigenvalue weighted by atomic mass is 10.00. The van der Waals surface area contributed by atoms with E-state index >= 15 is 0 Å². The number of phenolic OH excluding ortho intramolecular Hbond substituents is 3. The van der Waals surface area contributed by atoms with Gasteiger partial charge in [-0.2, -0.15) is 0 Å². The van der Waals surface area contributed by atoms with E-state index in [1.54, 1.807) is 6.07 Å². The van der Waals surface area contributed by atoms with Crippen molar-refractivity contribution in [1.29, 1.82) is 0 Å². The summed E-state index contributed by atoms with van der Waals surface area (Å²) < 4.78 is 11.9. The van der Waals surface area contributed by atoms with Gasteiger partial charge in [-0.15, -0.1) is 0 Å². The van der Waals surface area contributed by atoms with E-state index in [4.69, 9.17) is 14.6 Å². The first-order chi connectivity index (χ1) is 16.5. The van der Waals surface area contributed by atoms with Gasteiger partial charge < -0.3 is 35.0 Å². The van der Waals surface area contributed by atoms with Crippen LogP contribution in [0.5, 0.6) is 23.0 Å². The van der Waals surface area contributed by atoms with E-state index in [-0.39, 0.29) is 28.8 Å². The topological polar surface area (TPSA) is 120 Å². The summed E-state index contributed by atoms with van der Waals surface area (Å²) in [7, 11) is 0. The average Bonchev–Trinajstić information content (AvgIpc) is 2.82. The quantitative estimate of drug-likeness (QED) is 0.167. The molecule has 1 unspecified atom stereocenters. The Kier molecular flexibility index (Phi) is 9.91. The van der Waals surface area contributed by atoms with Gasteiger partial charge in [-0.1, -0.05) is 51.4 Å². The van der Waals surface area contributed by atoms with Gasteiger partial charge >= 0.3 is 0 Å². The molecule has 1 aliphatic rings. The summed E-state index contributed by atoms with van der Waals surface area (Å²) in [4.78, 5) is 0. The average molecular weight is 473 g/mol. The summed E-state index contributed by atoms with van der Waals surface area (Å²) in [6, 6.07) is 8.79. The standard InChI is InChI=1S/C27H36O7/c28-15-9-7-5-3-1-2-4-6-8-10-16-33-27-21-13-12-20(29)18-24(21)34-26(25(27)32)19-11-14-22(30)23(31)17-19/h11-14,17-18,27-32H,1-10,15-16H2.